The number of alkyl halides is 9. The number of halogens is 10. The van der Waals surface area contributed by atoms with E-state index in [1.807, 2.05) is 0 Å². The zero-order valence-electron chi connectivity index (χ0n) is 25.7. The summed E-state index contributed by atoms with van der Waals surface area (Å²) in [6.07, 6.45) is -16.5. The lowest BCUT2D eigenvalue weighted by Gasteiger charge is -2.25. The molecule has 0 bridgehead atoms. The van der Waals surface area contributed by atoms with Crippen LogP contribution in [0, 0.1) is 6.92 Å². The minimum absolute atomic E-state index is 0.0749. The van der Waals surface area contributed by atoms with Gasteiger partial charge < -0.3 is 9.47 Å². The maximum atomic E-state index is 13.9. The topological polar surface area (TPSA) is 55.8 Å². The van der Waals surface area contributed by atoms with Gasteiger partial charge in [-0.1, -0.05) is 29.8 Å². The summed E-state index contributed by atoms with van der Waals surface area (Å²) in [6, 6.07) is 12.7. The van der Waals surface area contributed by atoms with Crippen molar-refractivity contribution in [3.05, 3.63) is 117 Å². The molecule has 15 heteroatoms. The molecule has 260 valence electrons. The van der Waals surface area contributed by atoms with E-state index in [4.69, 9.17) is 21.1 Å². The van der Waals surface area contributed by atoms with Gasteiger partial charge in [0, 0.05) is 23.7 Å². The van der Waals surface area contributed by atoms with Crippen LogP contribution in [-0.2, 0) is 41.1 Å². The Balaban J connectivity index is 1.85. The molecule has 0 aromatic heterocycles. The van der Waals surface area contributed by atoms with Crippen molar-refractivity contribution in [1.82, 2.24) is 4.90 Å². The third-order valence-electron chi connectivity index (χ3n) is 7.46. The number of hydrogen-bond acceptors (Lipinski definition) is 4. The highest BCUT2D eigenvalue weighted by Crippen LogP contribution is 2.40. The van der Waals surface area contributed by atoms with E-state index in [-0.39, 0.29) is 33.3 Å². The summed E-state index contributed by atoms with van der Waals surface area (Å²) in [6.45, 7) is 0.0810. The fourth-order valence-electron chi connectivity index (χ4n) is 5.15. The molecule has 0 fully saturated rings. The molecule has 1 amide bonds. The van der Waals surface area contributed by atoms with Crippen molar-refractivity contribution < 1.29 is 58.6 Å². The van der Waals surface area contributed by atoms with Gasteiger partial charge in [0.1, 0.15) is 0 Å². The lowest BCUT2D eigenvalue weighted by molar-refractivity contribution is -0.143. The first kappa shape index (κ1) is 37.1. The monoisotopic (exact) mass is 717 g/mol. The van der Waals surface area contributed by atoms with Crippen LogP contribution < -0.4 is 0 Å². The average molecular weight is 718 g/mol. The van der Waals surface area contributed by atoms with E-state index in [0.717, 1.165) is 19.2 Å². The summed E-state index contributed by atoms with van der Waals surface area (Å²) >= 11 is 6.52. The number of amides is 1. The molecular formula is C34H25ClF9NO4. The van der Waals surface area contributed by atoms with E-state index in [0.29, 0.717) is 39.8 Å². The molecule has 0 spiro atoms. The molecule has 0 unspecified atom stereocenters. The van der Waals surface area contributed by atoms with Crippen LogP contribution in [0.1, 0.15) is 43.7 Å². The molecule has 0 aliphatic carbocycles. The zero-order chi connectivity index (χ0) is 36.5. The fourth-order valence-corrected chi connectivity index (χ4v) is 5.37. The maximum Gasteiger partial charge on any atom is 0.416 e. The summed E-state index contributed by atoms with van der Waals surface area (Å²) in [5.41, 5.74) is -2.87. The first-order chi connectivity index (χ1) is 22.7. The summed E-state index contributed by atoms with van der Waals surface area (Å²) in [5, 5.41) is 0.0749. The van der Waals surface area contributed by atoms with Crippen molar-refractivity contribution in [1.29, 1.82) is 0 Å². The molecule has 0 radical (unpaired) electrons. The third kappa shape index (κ3) is 8.66. The number of benzene rings is 4. The van der Waals surface area contributed by atoms with E-state index in [1.54, 1.807) is 31.2 Å². The molecule has 0 saturated heterocycles. The molecule has 4 aromatic rings. The van der Waals surface area contributed by atoms with Crippen LogP contribution in [0.2, 0.25) is 5.02 Å². The van der Waals surface area contributed by atoms with Crippen LogP contribution in [-0.4, -0.2) is 31.2 Å². The van der Waals surface area contributed by atoms with Crippen LogP contribution in [0.15, 0.2) is 72.8 Å². The highest BCUT2D eigenvalue weighted by Gasteiger charge is 2.37. The molecule has 4 aromatic carbocycles. The van der Waals surface area contributed by atoms with E-state index < -0.39 is 65.9 Å². The van der Waals surface area contributed by atoms with Gasteiger partial charge in [0.15, 0.2) is 0 Å². The Labute approximate surface area is 278 Å². The Bertz CT molecular complexity index is 1850. The fraction of sp³-hybridized carbons (Fsp3) is 0.235. The van der Waals surface area contributed by atoms with Gasteiger partial charge in [-0.3, -0.25) is 4.90 Å². The second-order valence-electron chi connectivity index (χ2n) is 10.8. The predicted octanol–water partition coefficient (Wildman–Crippen LogP) is 10.6. The largest absolute Gasteiger partial charge is 0.465 e. The number of ether oxygens (including phenoxy) is 2. The molecule has 0 aliphatic heterocycles. The number of rotatable bonds is 7. The van der Waals surface area contributed by atoms with Crippen molar-refractivity contribution >= 4 is 23.7 Å². The number of carbonyl (C=O) groups excluding carboxylic acids is 2. The van der Waals surface area contributed by atoms with Crippen LogP contribution in [0.5, 0.6) is 0 Å². The van der Waals surface area contributed by atoms with Crippen LogP contribution in [0.3, 0.4) is 0 Å². The van der Waals surface area contributed by atoms with E-state index >= 15 is 0 Å². The highest BCUT2D eigenvalue weighted by molar-refractivity contribution is 6.33. The van der Waals surface area contributed by atoms with Gasteiger partial charge in [-0.25, -0.2) is 9.59 Å². The van der Waals surface area contributed by atoms with Gasteiger partial charge in [0.2, 0.25) is 0 Å². The van der Waals surface area contributed by atoms with Crippen molar-refractivity contribution in [3.63, 3.8) is 0 Å². The number of esters is 1. The lowest BCUT2D eigenvalue weighted by atomic mass is 9.92. The first-order valence-electron chi connectivity index (χ1n) is 14.0. The summed E-state index contributed by atoms with van der Waals surface area (Å²) in [4.78, 5) is 25.5. The van der Waals surface area contributed by atoms with E-state index in [2.05, 4.69) is 0 Å². The molecule has 49 heavy (non-hydrogen) atoms. The average Bonchev–Trinajstić information content (AvgIpc) is 3.02. The summed E-state index contributed by atoms with van der Waals surface area (Å²) in [7, 11) is 2.11. The van der Waals surface area contributed by atoms with E-state index in [9.17, 15) is 49.1 Å². The number of aryl methyl sites for hydroxylation is 1. The Morgan fingerprint density at radius 2 is 1.24 bits per heavy atom. The minimum atomic E-state index is -5.18. The standard InChI is InChI=1S/C34H25ClF9NO4/c1-18-10-21(30(46)48-2)4-7-26(18)20-5-9-29(35)28(14-20)27-8-6-23(32(36,37)38)13-22(27)17-45(31(47)49-3)16-19-11-24(33(39,40)41)15-25(12-19)34(42,43)44/h4-15H,16-17H2,1-3H3. The second kappa shape index (κ2) is 14.0. The molecule has 5 nitrogen and oxygen atoms in total. The molecule has 0 N–H and O–H groups in total. The molecule has 0 heterocycles. The van der Waals surface area contributed by atoms with Crippen LogP contribution in [0.4, 0.5) is 44.3 Å². The SMILES string of the molecule is COC(=O)c1ccc(-c2ccc(Cl)c(-c3ccc(C(F)(F)F)cc3CN(Cc3cc(C(F)(F)F)cc(C(F)(F)F)c3)C(=O)OC)c2)c(C)c1. The van der Waals surface area contributed by atoms with Crippen molar-refractivity contribution in [2.75, 3.05) is 14.2 Å². The van der Waals surface area contributed by atoms with Gasteiger partial charge in [-0.05, 0) is 94.9 Å². The second-order valence-corrected chi connectivity index (χ2v) is 11.2. The summed E-state index contributed by atoms with van der Waals surface area (Å²) in [5.74, 6) is -0.573. The summed E-state index contributed by atoms with van der Waals surface area (Å²) < 4.78 is 132. The Kier molecular flexibility index (Phi) is 10.6. The third-order valence-corrected chi connectivity index (χ3v) is 7.79. The van der Waals surface area contributed by atoms with Crippen molar-refractivity contribution in [2.45, 2.75) is 38.5 Å². The number of methoxy groups -OCH3 is 2. The van der Waals surface area contributed by atoms with Crippen molar-refractivity contribution in [3.8, 4) is 22.3 Å². The van der Waals surface area contributed by atoms with Gasteiger partial charge in [0.05, 0.1) is 36.5 Å². The Morgan fingerprint density at radius 1 is 0.653 bits per heavy atom. The Morgan fingerprint density at radius 3 is 1.78 bits per heavy atom. The molecule has 0 aliphatic rings. The van der Waals surface area contributed by atoms with Gasteiger partial charge >= 0.3 is 30.6 Å². The first-order valence-corrected chi connectivity index (χ1v) is 14.4. The molecule has 0 atom stereocenters. The molecule has 0 saturated carbocycles. The molecular weight excluding hydrogens is 693 g/mol. The lowest BCUT2D eigenvalue weighted by Crippen LogP contribution is -2.30. The van der Waals surface area contributed by atoms with Crippen molar-refractivity contribution in [2.24, 2.45) is 0 Å². The smallest absolute Gasteiger partial charge is 0.416 e. The Hall–Kier alpha value is -4.72. The van der Waals surface area contributed by atoms with Gasteiger partial charge in [0.25, 0.3) is 0 Å². The minimum Gasteiger partial charge on any atom is -0.465 e. The van der Waals surface area contributed by atoms with Crippen LogP contribution in [0.25, 0.3) is 22.3 Å². The number of nitrogens with zero attached hydrogens (tertiary/aromatic N) is 1. The van der Waals surface area contributed by atoms with Gasteiger partial charge in [-0.15, -0.1) is 0 Å². The quantitative estimate of drug-likeness (QED) is 0.141. The maximum absolute atomic E-state index is 13.9. The highest BCUT2D eigenvalue weighted by atomic mass is 35.5. The van der Waals surface area contributed by atoms with E-state index in [1.165, 1.54) is 19.2 Å². The predicted molar refractivity (Wildman–Crippen MR) is 162 cm³/mol. The number of hydrogen-bond donors (Lipinski definition) is 0. The molecule has 4 rings (SSSR count). The normalized spacial score (nSPS) is 12.1. The zero-order valence-corrected chi connectivity index (χ0v) is 26.5. The number of carbonyl (C=O) groups is 2. The van der Waals surface area contributed by atoms with Gasteiger partial charge in [-0.2, -0.15) is 39.5 Å². The van der Waals surface area contributed by atoms with Crippen LogP contribution >= 0.6 is 11.6 Å².